The number of amides is 2. The van der Waals surface area contributed by atoms with E-state index in [1.807, 2.05) is 24.3 Å². The van der Waals surface area contributed by atoms with Crippen molar-refractivity contribution in [2.45, 2.75) is 25.7 Å². The van der Waals surface area contributed by atoms with E-state index in [4.69, 9.17) is 0 Å². The molecular weight excluding hydrogens is 266 g/mol. The van der Waals surface area contributed by atoms with E-state index in [2.05, 4.69) is 15.8 Å². The maximum atomic E-state index is 11.9. The Morgan fingerprint density at radius 3 is 2.62 bits per heavy atom. The predicted molar refractivity (Wildman–Crippen MR) is 78.7 cm³/mol. The smallest absolute Gasteiger partial charge is 0.243 e. The zero-order chi connectivity index (χ0) is 14.4. The minimum Gasteiger partial charge on any atom is -0.326 e. The minimum absolute atomic E-state index is 0.0353. The lowest BCUT2D eigenvalue weighted by Gasteiger charge is -2.24. The lowest BCUT2D eigenvalue weighted by molar-refractivity contribution is -0.123. The Balaban J connectivity index is 1.46. The van der Waals surface area contributed by atoms with Crippen LogP contribution in [0.2, 0.25) is 0 Å². The van der Waals surface area contributed by atoms with Crippen molar-refractivity contribution in [1.29, 1.82) is 0 Å². The highest BCUT2D eigenvalue weighted by atomic mass is 16.2. The lowest BCUT2D eigenvalue weighted by Crippen LogP contribution is -2.29. The fourth-order valence-electron chi connectivity index (χ4n) is 2.99. The molecule has 21 heavy (non-hydrogen) atoms. The largest absolute Gasteiger partial charge is 0.326 e. The molecule has 2 unspecified atom stereocenters. The summed E-state index contributed by atoms with van der Waals surface area (Å²) >= 11 is 0. The molecule has 4 rings (SSSR count). The van der Waals surface area contributed by atoms with Gasteiger partial charge in [0.25, 0.3) is 0 Å². The Morgan fingerprint density at radius 2 is 1.95 bits per heavy atom. The van der Waals surface area contributed by atoms with Crippen molar-refractivity contribution in [2.24, 2.45) is 22.9 Å². The third-order valence-corrected chi connectivity index (χ3v) is 4.69. The summed E-state index contributed by atoms with van der Waals surface area (Å²) in [5.41, 5.74) is 5.37. The molecule has 2 aliphatic carbocycles. The minimum atomic E-state index is 0.0353. The second kappa shape index (κ2) is 4.69. The van der Waals surface area contributed by atoms with Crippen LogP contribution in [0, 0.1) is 17.8 Å². The first-order valence-corrected chi connectivity index (χ1v) is 7.51. The van der Waals surface area contributed by atoms with Gasteiger partial charge < -0.3 is 5.32 Å². The van der Waals surface area contributed by atoms with Gasteiger partial charge in [-0.3, -0.25) is 9.59 Å². The van der Waals surface area contributed by atoms with Crippen molar-refractivity contribution in [2.75, 3.05) is 5.32 Å². The molecule has 0 saturated heterocycles. The molecule has 1 aromatic rings. The van der Waals surface area contributed by atoms with E-state index in [0.29, 0.717) is 0 Å². The van der Waals surface area contributed by atoms with Crippen molar-refractivity contribution in [3.05, 3.63) is 29.8 Å². The van der Waals surface area contributed by atoms with Crippen LogP contribution in [0.25, 0.3) is 0 Å². The molecule has 5 heteroatoms. The van der Waals surface area contributed by atoms with Crippen molar-refractivity contribution in [3.8, 4) is 0 Å². The summed E-state index contributed by atoms with van der Waals surface area (Å²) < 4.78 is 0. The Hall–Kier alpha value is -2.17. The van der Waals surface area contributed by atoms with Gasteiger partial charge in [-0.2, -0.15) is 5.10 Å². The number of carbonyl (C=O) groups is 2. The van der Waals surface area contributed by atoms with Gasteiger partial charge in [-0.1, -0.05) is 18.6 Å². The standard InChI is InChI=1S/C16H17N3O2/c20-15(10-2-1-3-10)17-11-6-4-9(5-7-11)14-12-8-13(12)16(21)19-18-14/h4-7,10,12-13H,1-3,8H2,(H,17,20)(H,19,21). The first-order chi connectivity index (χ1) is 10.2. The average molecular weight is 283 g/mol. The molecule has 108 valence electrons. The van der Waals surface area contributed by atoms with Gasteiger partial charge in [-0.25, -0.2) is 5.43 Å². The molecule has 0 aromatic heterocycles. The summed E-state index contributed by atoms with van der Waals surface area (Å²) in [5.74, 6) is 0.728. The molecule has 0 spiro atoms. The van der Waals surface area contributed by atoms with Crippen molar-refractivity contribution in [1.82, 2.24) is 5.43 Å². The van der Waals surface area contributed by atoms with Gasteiger partial charge in [0, 0.05) is 23.4 Å². The van der Waals surface area contributed by atoms with Gasteiger partial charge in [0.1, 0.15) is 0 Å². The molecule has 1 heterocycles. The van der Waals surface area contributed by atoms with Crippen LogP contribution in [0.15, 0.2) is 29.4 Å². The summed E-state index contributed by atoms with van der Waals surface area (Å²) in [6, 6.07) is 7.73. The van der Waals surface area contributed by atoms with Gasteiger partial charge in [0.15, 0.2) is 0 Å². The maximum absolute atomic E-state index is 11.9. The summed E-state index contributed by atoms with van der Waals surface area (Å²) in [4.78, 5) is 23.3. The van der Waals surface area contributed by atoms with E-state index in [-0.39, 0.29) is 29.6 Å². The van der Waals surface area contributed by atoms with E-state index < -0.39 is 0 Å². The number of anilines is 1. The van der Waals surface area contributed by atoms with Crippen molar-refractivity contribution in [3.63, 3.8) is 0 Å². The van der Waals surface area contributed by atoms with Gasteiger partial charge in [-0.15, -0.1) is 0 Å². The third-order valence-electron chi connectivity index (χ3n) is 4.69. The van der Waals surface area contributed by atoms with Gasteiger partial charge in [0.05, 0.1) is 5.71 Å². The highest BCUT2D eigenvalue weighted by Crippen LogP contribution is 2.43. The van der Waals surface area contributed by atoms with Crippen LogP contribution in [0.3, 0.4) is 0 Å². The molecule has 2 N–H and O–H groups in total. The van der Waals surface area contributed by atoms with E-state index in [1.54, 1.807) is 0 Å². The Morgan fingerprint density at radius 1 is 1.19 bits per heavy atom. The number of nitrogens with one attached hydrogen (secondary N) is 2. The number of benzene rings is 1. The number of fused-ring (bicyclic) bond motifs is 1. The van der Waals surface area contributed by atoms with E-state index in [9.17, 15) is 9.59 Å². The molecule has 3 aliphatic rings. The maximum Gasteiger partial charge on any atom is 0.243 e. The molecule has 0 radical (unpaired) electrons. The highest BCUT2D eigenvalue weighted by molar-refractivity contribution is 6.09. The Kier molecular flexibility index (Phi) is 2.80. The zero-order valence-electron chi connectivity index (χ0n) is 11.6. The third kappa shape index (κ3) is 2.22. The normalized spacial score (nSPS) is 27.0. The van der Waals surface area contributed by atoms with Gasteiger partial charge in [-0.05, 0) is 37.0 Å². The summed E-state index contributed by atoms with van der Waals surface area (Å²) in [7, 11) is 0. The first-order valence-electron chi connectivity index (χ1n) is 7.51. The average Bonchev–Trinajstić information content (AvgIpc) is 3.19. The molecule has 2 amide bonds. The van der Waals surface area contributed by atoms with E-state index >= 15 is 0 Å². The van der Waals surface area contributed by atoms with Crippen LogP contribution in [0.4, 0.5) is 5.69 Å². The monoisotopic (exact) mass is 283 g/mol. The molecule has 1 aromatic carbocycles. The van der Waals surface area contributed by atoms with Crippen LogP contribution in [0.5, 0.6) is 0 Å². The van der Waals surface area contributed by atoms with Crippen LogP contribution < -0.4 is 10.7 Å². The lowest BCUT2D eigenvalue weighted by atomic mass is 9.85. The van der Waals surface area contributed by atoms with E-state index in [0.717, 1.165) is 42.6 Å². The number of hydrazone groups is 1. The summed E-state index contributed by atoms with van der Waals surface area (Å²) in [6.45, 7) is 0. The van der Waals surface area contributed by atoms with Crippen molar-refractivity contribution < 1.29 is 9.59 Å². The van der Waals surface area contributed by atoms with Crippen LogP contribution in [0.1, 0.15) is 31.2 Å². The van der Waals surface area contributed by atoms with Gasteiger partial charge in [0.2, 0.25) is 11.8 Å². The van der Waals surface area contributed by atoms with Crippen molar-refractivity contribution >= 4 is 23.2 Å². The second-order valence-electron chi connectivity index (χ2n) is 6.12. The summed E-state index contributed by atoms with van der Waals surface area (Å²) in [6.07, 6.45) is 4.06. The molecule has 2 fully saturated rings. The molecule has 0 bridgehead atoms. The quantitative estimate of drug-likeness (QED) is 0.889. The zero-order valence-corrected chi connectivity index (χ0v) is 11.6. The van der Waals surface area contributed by atoms with Gasteiger partial charge >= 0.3 is 0 Å². The topological polar surface area (TPSA) is 70.6 Å². The van der Waals surface area contributed by atoms with Crippen LogP contribution >= 0.6 is 0 Å². The molecule has 2 saturated carbocycles. The molecule has 1 aliphatic heterocycles. The van der Waals surface area contributed by atoms with Crippen LogP contribution in [-0.2, 0) is 9.59 Å². The molecule has 5 nitrogen and oxygen atoms in total. The number of nitrogens with zero attached hydrogens (tertiary/aromatic N) is 1. The number of rotatable bonds is 3. The molecule has 2 atom stereocenters. The fraction of sp³-hybridized carbons (Fsp3) is 0.438. The van der Waals surface area contributed by atoms with Crippen LogP contribution in [-0.4, -0.2) is 17.5 Å². The predicted octanol–water partition coefficient (Wildman–Crippen LogP) is 1.90. The van der Waals surface area contributed by atoms with E-state index in [1.165, 1.54) is 0 Å². The first kappa shape index (κ1) is 12.6. The number of hydrogen-bond donors (Lipinski definition) is 2. The number of carbonyl (C=O) groups excluding carboxylic acids is 2. The Bertz CT molecular complexity index is 631. The SMILES string of the molecule is O=C(Nc1ccc(C2=NNC(=O)C3CC23)cc1)C1CCC1. The molecular formula is C16H17N3O2. The summed E-state index contributed by atoms with van der Waals surface area (Å²) in [5, 5.41) is 7.13. The number of hydrogen-bond acceptors (Lipinski definition) is 3. The second-order valence-corrected chi connectivity index (χ2v) is 6.12. The Labute approximate surface area is 122 Å². The highest BCUT2D eigenvalue weighted by Gasteiger charge is 2.49. The fourth-order valence-corrected chi connectivity index (χ4v) is 2.99.